The van der Waals surface area contributed by atoms with E-state index < -0.39 is 0 Å². The van der Waals surface area contributed by atoms with Crippen LogP contribution in [0.5, 0.6) is 11.5 Å². The molecule has 2 aromatic rings. The summed E-state index contributed by atoms with van der Waals surface area (Å²) in [6, 6.07) is 11.3. The molecule has 0 amide bonds. The summed E-state index contributed by atoms with van der Waals surface area (Å²) in [5, 5.41) is 24.4. The number of nitrogens with one attached hydrogen (secondary N) is 2. The van der Waals surface area contributed by atoms with Gasteiger partial charge in [-0.25, -0.2) is 0 Å². The first-order valence-electron chi connectivity index (χ1n) is 7.20. The molecule has 126 valence electrons. The fourth-order valence-corrected chi connectivity index (χ4v) is 3.03. The number of rotatable bonds is 7. The predicted octanol–water partition coefficient (Wildman–Crippen LogP) is 3.33. The number of hydrogen-bond acceptors (Lipinski definition) is 6. The van der Waals surface area contributed by atoms with Crippen molar-refractivity contribution in [3.63, 3.8) is 0 Å². The molecular weight excluding hydrogens is 421 g/mol. The second-order valence-corrected chi connectivity index (χ2v) is 6.00. The minimum absolute atomic E-state index is 0.00357. The minimum Gasteiger partial charge on any atom is -0.493 e. The van der Waals surface area contributed by atoms with Crippen LogP contribution in [0.3, 0.4) is 0 Å². The topological polar surface area (TPSA) is 86.5 Å². The lowest BCUT2D eigenvalue weighted by atomic mass is 10.1. The molecule has 0 radical (unpaired) electrons. The summed E-state index contributed by atoms with van der Waals surface area (Å²) in [5.74, 6) is 1.33. The first-order valence-corrected chi connectivity index (χ1v) is 8.28. The fraction of sp³-hybridized carbons (Fsp3) is 0.235. The maximum Gasteiger partial charge on any atom is 0.174 e. The monoisotopic (exact) mass is 439 g/mol. The normalized spacial score (nSPS) is 9.96. The van der Waals surface area contributed by atoms with Crippen LogP contribution in [0.2, 0.25) is 0 Å². The lowest BCUT2D eigenvalue weighted by molar-refractivity contribution is 0.311. The van der Waals surface area contributed by atoms with E-state index in [4.69, 9.17) is 19.8 Å². The quantitative estimate of drug-likeness (QED) is 0.574. The van der Waals surface area contributed by atoms with Crippen molar-refractivity contribution in [2.45, 2.75) is 0 Å². The third kappa shape index (κ3) is 4.21. The molecule has 24 heavy (non-hydrogen) atoms. The Hall–Kier alpha value is -2.18. The van der Waals surface area contributed by atoms with E-state index in [9.17, 15) is 0 Å². The van der Waals surface area contributed by atoms with Gasteiger partial charge in [-0.05, 0) is 46.9 Å². The van der Waals surface area contributed by atoms with Gasteiger partial charge >= 0.3 is 0 Å². The number of methoxy groups -OCH3 is 2. The molecule has 0 aliphatic rings. The summed E-state index contributed by atoms with van der Waals surface area (Å²) < 4.78 is 11.6. The summed E-state index contributed by atoms with van der Waals surface area (Å²) in [6.45, 7) is 0.378. The van der Waals surface area contributed by atoms with Crippen LogP contribution in [0.15, 0.2) is 30.3 Å². The Balaban J connectivity index is 2.31. The van der Waals surface area contributed by atoms with Gasteiger partial charge in [-0.2, -0.15) is 5.26 Å². The average molecular weight is 439 g/mol. The third-order valence-corrected chi connectivity index (χ3v) is 4.09. The van der Waals surface area contributed by atoms with Crippen molar-refractivity contribution in [1.29, 1.82) is 5.26 Å². The number of halogens is 1. The summed E-state index contributed by atoms with van der Waals surface area (Å²) in [5.41, 5.74) is 2.86. The van der Waals surface area contributed by atoms with Crippen LogP contribution in [0, 0.1) is 14.9 Å². The molecule has 2 rings (SSSR count). The highest BCUT2D eigenvalue weighted by Gasteiger charge is 2.11. The Morgan fingerprint density at radius 2 is 1.96 bits per heavy atom. The van der Waals surface area contributed by atoms with E-state index in [0.717, 1.165) is 14.9 Å². The SMILES string of the molecule is COc1cc(Nc2ccc(C#N)c(NCCO)c2)cc(I)c1OC. The summed E-state index contributed by atoms with van der Waals surface area (Å²) >= 11 is 2.19. The Kier molecular flexibility index (Phi) is 6.52. The third-order valence-electron chi connectivity index (χ3n) is 3.29. The molecular formula is C17H18IN3O3. The molecule has 0 aliphatic carbocycles. The number of ether oxygens (including phenoxy) is 2. The molecule has 6 nitrogen and oxygen atoms in total. The molecule has 0 heterocycles. The van der Waals surface area contributed by atoms with Crippen molar-refractivity contribution >= 4 is 39.7 Å². The zero-order valence-electron chi connectivity index (χ0n) is 13.4. The van der Waals surface area contributed by atoms with Crippen molar-refractivity contribution in [1.82, 2.24) is 0 Å². The molecule has 0 unspecified atom stereocenters. The van der Waals surface area contributed by atoms with Gasteiger partial charge in [0.2, 0.25) is 0 Å². The lowest BCUT2D eigenvalue weighted by Crippen LogP contribution is -2.07. The minimum atomic E-state index is -0.00357. The van der Waals surface area contributed by atoms with E-state index >= 15 is 0 Å². The highest BCUT2D eigenvalue weighted by molar-refractivity contribution is 14.1. The first kappa shape index (κ1) is 18.2. The first-order chi connectivity index (χ1) is 11.6. The molecule has 0 spiro atoms. The molecule has 0 saturated carbocycles. The Morgan fingerprint density at radius 3 is 2.58 bits per heavy atom. The molecule has 0 saturated heterocycles. The van der Waals surface area contributed by atoms with E-state index in [1.807, 2.05) is 24.3 Å². The molecule has 0 fully saturated rings. The van der Waals surface area contributed by atoms with Crippen molar-refractivity contribution in [3.05, 3.63) is 39.5 Å². The second-order valence-electron chi connectivity index (χ2n) is 4.84. The highest BCUT2D eigenvalue weighted by Crippen LogP contribution is 2.36. The van der Waals surface area contributed by atoms with Gasteiger partial charge in [0.1, 0.15) is 6.07 Å². The van der Waals surface area contributed by atoms with E-state index in [0.29, 0.717) is 29.3 Å². The van der Waals surface area contributed by atoms with Gasteiger partial charge in [-0.15, -0.1) is 0 Å². The number of benzene rings is 2. The van der Waals surface area contributed by atoms with Crippen molar-refractivity contribution < 1.29 is 14.6 Å². The van der Waals surface area contributed by atoms with Crippen molar-refractivity contribution in [2.75, 3.05) is 38.0 Å². The van der Waals surface area contributed by atoms with Crippen LogP contribution >= 0.6 is 22.6 Å². The number of aliphatic hydroxyl groups excluding tert-OH is 1. The summed E-state index contributed by atoms with van der Waals surface area (Å²) in [6.07, 6.45) is 0. The average Bonchev–Trinajstić information content (AvgIpc) is 2.59. The number of hydrogen-bond donors (Lipinski definition) is 3. The molecule has 0 aromatic heterocycles. The van der Waals surface area contributed by atoms with E-state index in [2.05, 4.69) is 39.3 Å². The highest BCUT2D eigenvalue weighted by atomic mass is 127. The van der Waals surface area contributed by atoms with Crippen LogP contribution in [0.4, 0.5) is 17.1 Å². The molecule has 7 heteroatoms. The zero-order valence-corrected chi connectivity index (χ0v) is 15.5. The van der Waals surface area contributed by atoms with Crippen LogP contribution < -0.4 is 20.1 Å². The summed E-state index contributed by atoms with van der Waals surface area (Å²) in [7, 11) is 3.20. The standard InChI is InChI=1S/C17H18IN3O3/c1-23-16-9-13(7-14(18)17(16)24-2)21-12-4-3-11(10-19)15(8-12)20-5-6-22/h3-4,7-9,20-22H,5-6H2,1-2H3. The largest absolute Gasteiger partial charge is 0.493 e. The molecule has 2 aromatic carbocycles. The predicted molar refractivity (Wildman–Crippen MR) is 102 cm³/mol. The molecule has 0 atom stereocenters. The van der Waals surface area contributed by atoms with Crippen molar-refractivity contribution in [2.24, 2.45) is 0 Å². The molecule has 0 bridgehead atoms. The van der Waals surface area contributed by atoms with E-state index in [1.54, 1.807) is 20.3 Å². The number of nitrogens with zero attached hydrogens (tertiary/aromatic N) is 1. The van der Waals surface area contributed by atoms with Gasteiger partial charge in [0.15, 0.2) is 11.5 Å². The van der Waals surface area contributed by atoms with E-state index in [-0.39, 0.29) is 6.61 Å². The maximum absolute atomic E-state index is 9.16. The number of aliphatic hydroxyl groups is 1. The van der Waals surface area contributed by atoms with Gasteiger partial charge in [0.25, 0.3) is 0 Å². The Labute approximate surface area is 154 Å². The lowest BCUT2D eigenvalue weighted by Gasteiger charge is -2.14. The molecule has 3 N–H and O–H groups in total. The van der Waals surface area contributed by atoms with E-state index in [1.165, 1.54) is 0 Å². The smallest absolute Gasteiger partial charge is 0.174 e. The maximum atomic E-state index is 9.16. The van der Waals surface area contributed by atoms with Gasteiger partial charge in [-0.1, -0.05) is 0 Å². The van der Waals surface area contributed by atoms with Crippen LogP contribution in [-0.2, 0) is 0 Å². The number of anilines is 3. The molecule has 0 aliphatic heterocycles. The van der Waals surface area contributed by atoms with Crippen molar-refractivity contribution in [3.8, 4) is 17.6 Å². The van der Waals surface area contributed by atoms with Gasteiger partial charge in [-0.3, -0.25) is 0 Å². The zero-order chi connectivity index (χ0) is 17.5. The Morgan fingerprint density at radius 1 is 1.17 bits per heavy atom. The van der Waals surface area contributed by atoms with Crippen LogP contribution in [0.1, 0.15) is 5.56 Å². The summed E-state index contributed by atoms with van der Waals surface area (Å²) in [4.78, 5) is 0. The number of nitriles is 1. The van der Waals surface area contributed by atoms with Gasteiger partial charge < -0.3 is 25.2 Å². The van der Waals surface area contributed by atoms with Crippen LogP contribution in [0.25, 0.3) is 0 Å². The van der Waals surface area contributed by atoms with Gasteiger partial charge in [0, 0.05) is 24.0 Å². The fourth-order valence-electron chi connectivity index (χ4n) is 2.21. The Bertz CT molecular complexity index is 759. The van der Waals surface area contributed by atoms with Crippen LogP contribution in [-0.4, -0.2) is 32.5 Å². The second kappa shape index (κ2) is 8.61. The van der Waals surface area contributed by atoms with Gasteiger partial charge in [0.05, 0.1) is 35.6 Å².